The first kappa shape index (κ1) is 19.3. The molecule has 0 bridgehead atoms. The molecule has 1 fully saturated rings. The van der Waals surface area contributed by atoms with Crippen molar-refractivity contribution in [2.24, 2.45) is 0 Å². The fourth-order valence-corrected chi connectivity index (χ4v) is 3.61. The summed E-state index contributed by atoms with van der Waals surface area (Å²) in [6.07, 6.45) is 2.35. The molecule has 0 atom stereocenters. The Kier molecular flexibility index (Phi) is 5.89. The van der Waals surface area contributed by atoms with Gasteiger partial charge in [-0.05, 0) is 34.1 Å². The normalized spacial score (nSPS) is 14.5. The van der Waals surface area contributed by atoms with Crippen LogP contribution in [0, 0.1) is 5.82 Å². The maximum atomic E-state index is 14.9. The number of nitrogens with zero attached hydrogens (tertiary/aromatic N) is 4. The van der Waals surface area contributed by atoms with Crippen LogP contribution in [0.4, 0.5) is 10.2 Å². The quantitative estimate of drug-likeness (QED) is 0.580. The minimum absolute atomic E-state index is 0.144. The number of piperazine rings is 1. The highest BCUT2D eigenvalue weighted by atomic mass is 79.9. The Morgan fingerprint density at radius 2 is 2.07 bits per heavy atom. The molecular weight excluding hydrogens is 449 g/mol. The van der Waals surface area contributed by atoms with E-state index in [0.717, 1.165) is 31.9 Å². The monoisotopic (exact) mass is 465 g/mol. The SMILES string of the molecule is Fc1c(Br)c(Cl)cc2c(N3CCNCC3)nc(OCCc3ccccn3)nc12. The van der Waals surface area contributed by atoms with Crippen molar-refractivity contribution in [3.05, 3.63) is 51.5 Å². The van der Waals surface area contributed by atoms with Crippen LogP contribution >= 0.6 is 27.5 Å². The molecule has 0 radical (unpaired) electrons. The fraction of sp³-hybridized carbons (Fsp3) is 0.316. The van der Waals surface area contributed by atoms with Crippen molar-refractivity contribution in [1.82, 2.24) is 20.3 Å². The summed E-state index contributed by atoms with van der Waals surface area (Å²) < 4.78 is 20.8. The van der Waals surface area contributed by atoms with Gasteiger partial charge in [-0.2, -0.15) is 9.97 Å². The molecule has 146 valence electrons. The van der Waals surface area contributed by atoms with Crippen LogP contribution < -0.4 is 15.0 Å². The van der Waals surface area contributed by atoms with Crippen molar-refractivity contribution in [3.63, 3.8) is 0 Å². The summed E-state index contributed by atoms with van der Waals surface area (Å²) in [7, 11) is 0. The van der Waals surface area contributed by atoms with E-state index in [1.54, 1.807) is 12.3 Å². The van der Waals surface area contributed by atoms with E-state index in [4.69, 9.17) is 16.3 Å². The first-order valence-electron chi connectivity index (χ1n) is 8.97. The van der Waals surface area contributed by atoms with Gasteiger partial charge in [-0.15, -0.1) is 0 Å². The molecule has 1 aromatic carbocycles. The highest BCUT2D eigenvalue weighted by Gasteiger charge is 2.22. The standard InChI is InChI=1S/C19H18BrClFN5O/c20-15-14(21)11-13-17(16(15)22)25-19(26-18(13)27-8-6-23-7-9-27)28-10-4-12-3-1-2-5-24-12/h1-3,5,11,23H,4,6-10H2. The Labute approximate surface area is 175 Å². The predicted octanol–water partition coefficient (Wildman–Crippen LogP) is 3.61. The zero-order valence-electron chi connectivity index (χ0n) is 15.0. The molecule has 1 N–H and O–H groups in total. The van der Waals surface area contributed by atoms with Crippen molar-refractivity contribution in [1.29, 1.82) is 0 Å². The summed E-state index contributed by atoms with van der Waals surface area (Å²) in [5.41, 5.74) is 1.10. The molecule has 3 aromatic rings. The molecule has 4 rings (SSSR count). The van der Waals surface area contributed by atoms with Crippen LogP contribution in [0.1, 0.15) is 5.69 Å². The van der Waals surface area contributed by atoms with Crippen LogP contribution in [-0.4, -0.2) is 47.7 Å². The Hall–Kier alpha value is -2.03. The molecule has 0 amide bonds. The van der Waals surface area contributed by atoms with Crippen LogP contribution in [0.15, 0.2) is 34.9 Å². The lowest BCUT2D eigenvalue weighted by Crippen LogP contribution is -2.44. The van der Waals surface area contributed by atoms with Gasteiger partial charge in [0.25, 0.3) is 0 Å². The zero-order chi connectivity index (χ0) is 19.5. The zero-order valence-corrected chi connectivity index (χ0v) is 17.3. The van der Waals surface area contributed by atoms with Gasteiger partial charge in [0.15, 0.2) is 5.82 Å². The number of hydrogen-bond donors (Lipinski definition) is 1. The number of ether oxygens (including phenoxy) is 1. The summed E-state index contributed by atoms with van der Waals surface area (Å²) in [4.78, 5) is 15.2. The third-order valence-corrected chi connectivity index (χ3v) is 5.82. The average molecular weight is 467 g/mol. The minimum atomic E-state index is -0.518. The maximum Gasteiger partial charge on any atom is 0.319 e. The molecule has 1 saturated heterocycles. The predicted molar refractivity (Wildman–Crippen MR) is 111 cm³/mol. The number of benzene rings is 1. The second kappa shape index (κ2) is 8.55. The first-order valence-corrected chi connectivity index (χ1v) is 10.1. The van der Waals surface area contributed by atoms with Gasteiger partial charge in [0.2, 0.25) is 0 Å². The molecule has 0 spiro atoms. The van der Waals surface area contributed by atoms with Gasteiger partial charge in [-0.25, -0.2) is 4.39 Å². The molecule has 28 heavy (non-hydrogen) atoms. The largest absolute Gasteiger partial charge is 0.463 e. The molecule has 3 heterocycles. The fourth-order valence-electron chi connectivity index (χ4n) is 3.11. The van der Waals surface area contributed by atoms with Gasteiger partial charge < -0.3 is 15.0 Å². The van der Waals surface area contributed by atoms with Gasteiger partial charge in [0.1, 0.15) is 11.3 Å². The molecular formula is C19H18BrClFN5O. The van der Waals surface area contributed by atoms with E-state index in [1.165, 1.54) is 0 Å². The highest BCUT2D eigenvalue weighted by Crippen LogP contribution is 2.36. The van der Waals surface area contributed by atoms with E-state index in [2.05, 4.69) is 41.1 Å². The van der Waals surface area contributed by atoms with Gasteiger partial charge >= 0.3 is 6.01 Å². The summed E-state index contributed by atoms with van der Waals surface area (Å²) in [5.74, 6) is 0.114. The van der Waals surface area contributed by atoms with E-state index in [1.807, 2.05) is 18.2 Å². The summed E-state index contributed by atoms with van der Waals surface area (Å²) in [6.45, 7) is 3.52. The lowest BCUT2D eigenvalue weighted by atomic mass is 10.2. The van der Waals surface area contributed by atoms with Crippen LogP contribution in [-0.2, 0) is 6.42 Å². The summed E-state index contributed by atoms with van der Waals surface area (Å²) in [5, 5.41) is 4.16. The Morgan fingerprint density at radius 1 is 1.25 bits per heavy atom. The number of nitrogens with one attached hydrogen (secondary N) is 1. The van der Waals surface area contributed by atoms with Gasteiger partial charge in [0.05, 0.1) is 16.1 Å². The molecule has 0 unspecified atom stereocenters. The second-order valence-corrected chi connectivity index (χ2v) is 7.57. The van der Waals surface area contributed by atoms with Crippen molar-refractivity contribution in [2.75, 3.05) is 37.7 Å². The molecule has 6 nitrogen and oxygen atoms in total. The second-order valence-electron chi connectivity index (χ2n) is 6.37. The third kappa shape index (κ3) is 4.04. The lowest BCUT2D eigenvalue weighted by molar-refractivity contribution is 0.296. The summed E-state index contributed by atoms with van der Waals surface area (Å²) >= 11 is 9.37. The highest BCUT2D eigenvalue weighted by molar-refractivity contribution is 9.10. The molecule has 0 saturated carbocycles. The Bertz CT molecular complexity index is 985. The van der Waals surface area contributed by atoms with Gasteiger partial charge in [0, 0.05) is 49.9 Å². The van der Waals surface area contributed by atoms with E-state index in [9.17, 15) is 4.39 Å². The van der Waals surface area contributed by atoms with Crippen LogP contribution in [0.5, 0.6) is 6.01 Å². The van der Waals surface area contributed by atoms with Gasteiger partial charge in [-0.1, -0.05) is 17.7 Å². The lowest BCUT2D eigenvalue weighted by Gasteiger charge is -2.29. The third-order valence-electron chi connectivity index (χ3n) is 4.52. The number of anilines is 1. The average Bonchev–Trinajstić information content (AvgIpc) is 2.73. The number of rotatable bonds is 5. The van der Waals surface area contributed by atoms with Crippen molar-refractivity contribution < 1.29 is 9.13 Å². The van der Waals surface area contributed by atoms with Crippen LogP contribution in [0.2, 0.25) is 5.02 Å². The molecule has 9 heteroatoms. The number of pyridine rings is 1. The maximum absolute atomic E-state index is 14.9. The molecule has 0 aliphatic carbocycles. The number of halogens is 3. The molecule has 1 aliphatic rings. The summed E-state index contributed by atoms with van der Waals surface area (Å²) in [6, 6.07) is 7.55. The van der Waals surface area contributed by atoms with Crippen LogP contribution in [0.3, 0.4) is 0 Å². The number of aromatic nitrogens is 3. The number of fused-ring (bicyclic) bond motifs is 1. The number of hydrogen-bond acceptors (Lipinski definition) is 6. The Morgan fingerprint density at radius 3 is 2.82 bits per heavy atom. The molecule has 1 aliphatic heterocycles. The Balaban J connectivity index is 1.68. The van der Waals surface area contributed by atoms with E-state index < -0.39 is 5.82 Å². The molecule has 2 aromatic heterocycles. The van der Waals surface area contributed by atoms with E-state index in [0.29, 0.717) is 24.2 Å². The van der Waals surface area contributed by atoms with E-state index in [-0.39, 0.29) is 21.0 Å². The first-order chi connectivity index (χ1) is 13.6. The van der Waals surface area contributed by atoms with Crippen molar-refractivity contribution in [3.8, 4) is 6.01 Å². The van der Waals surface area contributed by atoms with Crippen molar-refractivity contribution >= 4 is 44.3 Å². The van der Waals surface area contributed by atoms with Crippen molar-refractivity contribution in [2.45, 2.75) is 6.42 Å². The van der Waals surface area contributed by atoms with E-state index >= 15 is 0 Å². The topological polar surface area (TPSA) is 63.2 Å². The smallest absolute Gasteiger partial charge is 0.319 e. The minimum Gasteiger partial charge on any atom is -0.463 e. The van der Waals surface area contributed by atoms with Gasteiger partial charge in [-0.3, -0.25) is 4.98 Å². The van der Waals surface area contributed by atoms with Crippen LogP contribution in [0.25, 0.3) is 10.9 Å².